The molecule has 0 aliphatic heterocycles. The van der Waals surface area contributed by atoms with Crippen molar-refractivity contribution in [1.29, 1.82) is 0 Å². The van der Waals surface area contributed by atoms with Crippen LogP contribution in [0.3, 0.4) is 0 Å². The summed E-state index contributed by atoms with van der Waals surface area (Å²) >= 11 is 0. The average molecular weight is 502 g/mol. The van der Waals surface area contributed by atoms with Gasteiger partial charge in [-0.2, -0.15) is 5.10 Å². The molecule has 4 aromatic rings. The fourth-order valence-corrected chi connectivity index (χ4v) is 4.87. The van der Waals surface area contributed by atoms with Crippen LogP contribution in [0.15, 0.2) is 66.9 Å². The van der Waals surface area contributed by atoms with Crippen molar-refractivity contribution < 1.29 is 29.3 Å². The molecule has 1 heterocycles. The number of carbonyl (C=O) groups is 2. The van der Waals surface area contributed by atoms with Gasteiger partial charge in [0.1, 0.15) is 12.7 Å². The van der Waals surface area contributed by atoms with Gasteiger partial charge in [0.05, 0.1) is 30.5 Å². The first-order valence-corrected chi connectivity index (χ1v) is 12.0. The van der Waals surface area contributed by atoms with Gasteiger partial charge in [-0.05, 0) is 46.4 Å². The number of alkyl carbamates (subject to hydrolysis) is 1. The SMILES string of the molecule is COC(=O)c1cc(C(O)C(O)CCNC(=O)OCC2c3ccccc3-c3ccccc32)cc2[nH]ncc12. The van der Waals surface area contributed by atoms with Gasteiger partial charge in [0.25, 0.3) is 0 Å². The highest BCUT2D eigenvalue weighted by Crippen LogP contribution is 2.44. The summed E-state index contributed by atoms with van der Waals surface area (Å²) in [6.07, 6.45) is -1.53. The van der Waals surface area contributed by atoms with E-state index in [1.807, 2.05) is 36.4 Å². The van der Waals surface area contributed by atoms with Gasteiger partial charge < -0.3 is 25.0 Å². The molecular weight excluding hydrogens is 474 g/mol. The van der Waals surface area contributed by atoms with Crippen LogP contribution < -0.4 is 5.32 Å². The number of rotatable bonds is 8. The fraction of sp³-hybridized carbons (Fsp3) is 0.250. The standard InChI is InChI=1S/C28H27N3O6/c1-36-27(34)21-12-16(13-24-22(21)14-30-31-24)26(33)25(32)10-11-29-28(35)37-15-23-19-8-4-2-6-17(19)18-7-3-5-9-20(18)23/h2-9,12-14,23,25-26,32-33H,10-11,15H2,1H3,(H,29,35)(H,30,31). The smallest absolute Gasteiger partial charge is 0.407 e. The number of aliphatic hydroxyl groups excluding tert-OH is 2. The number of carbonyl (C=O) groups excluding carboxylic acids is 2. The molecule has 1 aliphatic carbocycles. The number of aliphatic hydroxyl groups is 2. The minimum atomic E-state index is -1.29. The molecule has 0 saturated carbocycles. The number of nitrogens with one attached hydrogen (secondary N) is 2. The number of H-pyrrole nitrogens is 1. The Hall–Kier alpha value is -4.21. The highest BCUT2D eigenvalue weighted by molar-refractivity contribution is 6.03. The number of aromatic amines is 1. The van der Waals surface area contributed by atoms with Gasteiger partial charge in [-0.3, -0.25) is 5.10 Å². The van der Waals surface area contributed by atoms with E-state index in [1.54, 1.807) is 6.07 Å². The Morgan fingerprint density at radius 3 is 2.41 bits per heavy atom. The number of esters is 1. The molecule has 0 spiro atoms. The van der Waals surface area contributed by atoms with Gasteiger partial charge in [-0.15, -0.1) is 0 Å². The lowest BCUT2D eigenvalue weighted by atomic mass is 9.98. The number of ether oxygens (including phenoxy) is 2. The molecule has 4 N–H and O–H groups in total. The first-order valence-electron chi connectivity index (χ1n) is 12.0. The van der Waals surface area contributed by atoms with Crippen LogP contribution in [-0.2, 0) is 9.47 Å². The van der Waals surface area contributed by atoms with E-state index in [4.69, 9.17) is 9.47 Å². The largest absolute Gasteiger partial charge is 0.465 e. The number of nitrogens with zero attached hydrogens (tertiary/aromatic N) is 1. The third kappa shape index (κ3) is 4.78. The molecule has 1 amide bonds. The summed E-state index contributed by atoms with van der Waals surface area (Å²) < 4.78 is 10.3. The Balaban J connectivity index is 1.16. The van der Waals surface area contributed by atoms with Crippen molar-refractivity contribution >= 4 is 23.0 Å². The second-order valence-electron chi connectivity index (χ2n) is 8.94. The Kier molecular flexibility index (Phi) is 6.89. The summed E-state index contributed by atoms with van der Waals surface area (Å²) in [7, 11) is 1.27. The zero-order valence-electron chi connectivity index (χ0n) is 20.2. The number of methoxy groups -OCH3 is 1. The third-order valence-corrected chi connectivity index (χ3v) is 6.75. The van der Waals surface area contributed by atoms with Crippen LogP contribution >= 0.6 is 0 Å². The van der Waals surface area contributed by atoms with E-state index in [0.717, 1.165) is 22.3 Å². The van der Waals surface area contributed by atoms with E-state index in [2.05, 4.69) is 27.6 Å². The highest BCUT2D eigenvalue weighted by Gasteiger charge is 2.29. The van der Waals surface area contributed by atoms with E-state index in [1.165, 1.54) is 19.4 Å². The lowest BCUT2D eigenvalue weighted by Crippen LogP contribution is -2.30. The summed E-state index contributed by atoms with van der Waals surface area (Å²) in [5.41, 5.74) is 5.62. The molecule has 9 heteroatoms. The Labute approximate surface area is 213 Å². The molecule has 1 aromatic heterocycles. The van der Waals surface area contributed by atoms with Gasteiger partial charge in [0.15, 0.2) is 0 Å². The predicted molar refractivity (Wildman–Crippen MR) is 136 cm³/mol. The molecule has 9 nitrogen and oxygen atoms in total. The second kappa shape index (κ2) is 10.4. The maximum atomic E-state index is 12.4. The highest BCUT2D eigenvalue weighted by atomic mass is 16.5. The number of hydrogen-bond donors (Lipinski definition) is 4. The van der Waals surface area contributed by atoms with Crippen molar-refractivity contribution in [3.05, 3.63) is 89.1 Å². The van der Waals surface area contributed by atoms with Gasteiger partial charge in [-0.25, -0.2) is 9.59 Å². The summed E-state index contributed by atoms with van der Waals surface area (Å²) in [5.74, 6) is -0.626. The molecule has 37 heavy (non-hydrogen) atoms. The lowest BCUT2D eigenvalue weighted by molar-refractivity contribution is 0.0136. The molecule has 190 valence electrons. The van der Waals surface area contributed by atoms with Gasteiger partial charge >= 0.3 is 12.1 Å². The monoisotopic (exact) mass is 501 g/mol. The zero-order valence-corrected chi connectivity index (χ0v) is 20.2. The van der Waals surface area contributed by atoms with Crippen molar-refractivity contribution in [3.63, 3.8) is 0 Å². The zero-order chi connectivity index (χ0) is 25.9. The molecule has 1 aliphatic rings. The lowest BCUT2D eigenvalue weighted by Gasteiger charge is -2.19. The quantitative estimate of drug-likeness (QED) is 0.271. The number of hydrogen-bond acceptors (Lipinski definition) is 7. The maximum absolute atomic E-state index is 12.4. The first kappa shape index (κ1) is 24.5. The Morgan fingerprint density at radius 2 is 1.73 bits per heavy atom. The van der Waals surface area contributed by atoms with E-state index >= 15 is 0 Å². The van der Waals surface area contributed by atoms with E-state index in [9.17, 15) is 19.8 Å². The third-order valence-electron chi connectivity index (χ3n) is 6.75. The van der Waals surface area contributed by atoms with Crippen molar-refractivity contribution in [2.45, 2.75) is 24.5 Å². The molecule has 5 rings (SSSR count). The molecule has 0 fully saturated rings. The fourth-order valence-electron chi connectivity index (χ4n) is 4.87. The minimum absolute atomic E-state index is 0.0491. The van der Waals surface area contributed by atoms with Gasteiger partial charge in [0.2, 0.25) is 0 Å². The number of amides is 1. The number of aromatic nitrogens is 2. The summed E-state index contributed by atoms with van der Waals surface area (Å²) in [6, 6.07) is 19.3. The van der Waals surface area contributed by atoms with Crippen LogP contribution in [0.1, 0.15) is 45.5 Å². The maximum Gasteiger partial charge on any atom is 0.407 e. The van der Waals surface area contributed by atoms with E-state index in [-0.39, 0.29) is 31.1 Å². The van der Waals surface area contributed by atoms with E-state index in [0.29, 0.717) is 16.5 Å². The normalized spacial score (nSPS) is 14.0. The van der Waals surface area contributed by atoms with Crippen LogP contribution in [0, 0.1) is 0 Å². The Morgan fingerprint density at radius 1 is 1.05 bits per heavy atom. The Bertz CT molecular complexity index is 1400. The molecule has 0 bridgehead atoms. The average Bonchev–Trinajstić information content (AvgIpc) is 3.53. The molecule has 3 aromatic carbocycles. The predicted octanol–water partition coefficient (Wildman–Crippen LogP) is 3.67. The van der Waals surface area contributed by atoms with Crippen molar-refractivity contribution in [2.75, 3.05) is 20.3 Å². The molecule has 2 atom stereocenters. The number of benzene rings is 3. The summed E-state index contributed by atoms with van der Waals surface area (Å²) in [5, 5.41) is 31.1. The van der Waals surface area contributed by atoms with Gasteiger partial charge in [-0.1, -0.05) is 48.5 Å². The summed E-state index contributed by atoms with van der Waals surface area (Å²) in [4.78, 5) is 24.5. The molecule has 2 unspecified atom stereocenters. The first-order chi connectivity index (χ1) is 18.0. The van der Waals surface area contributed by atoms with Crippen molar-refractivity contribution in [2.24, 2.45) is 0 Å². The molecular formula is C28H27N3O6. The van der Waals surface area contributed by atoms with E-state index < -0.39 is 24.3 Å². The van der Waals surface area contributed by atoms with Crippen LogP contribution in [0.5, 0.6) is 0 Å². The molecule has 0 radical (unpaired) electrons. The van der Waals surface area contributed by atoms with Gasteiger partial charge in [0, 0.05) is 17.8 Å². The number of fused-ring (bicyclic) bond motifs is 4. The topological polar surface area (TPSA) is 134 Å². The van der Waals surface area contributed by atoms with Crippen molar-refractivity contribution in [1.82, 2.24) is 15.5 Å². The summed E-state index contributed by atoms with van der Waals surface area (Å²) in [6.45, 7) is 0.274. The van der Waals surface area contributed by atoms with Crippen LogP contribution in [0.25, 0.3) is 22.0 Å². The molecule has 0 saturated heterocycles. The van der Waals surface area contributed by atoms with Crippen LogP contribution in [-0.4, -0.2) is 58.8 Å². The van der Waals surface area contributed by atoms with Crippen LogP contribution in [0.2, 0.25) is 0 Å². The van der Waals surface area contributed by atoms with Crippen molar-refractivity contribution in [3.8, 4) is 11.1 Å². The van der Waals surface area contributed by atoms with Crippen LogP contribution in [0.4, 0.5) is 4.79 Å². The minimum Gasteiger partial charge on any atom is -0.465 e. The second-order valence-corrected chi connectivity index (χ2v) is 8.94.